The topological polar surface area (TPSA) is 28.7 Å². The highest BCUT2D eigenvalue weighted by molar-refractivity contribution is 5.55. The fourth-order valence-electron chi connectivity index (χ4n) is 1.22. The lowest BCUT2D eigenvalue weighted by Crippen LogP contribution is -1.87. The summed E-state index contributed by atoms with van der Waals surface area (Å²) in [6.07, 6.45) is 3.40. The summed E-state index contributed by atoms with van der Waals surface area (Å²) in [5, 5.41) is 0. The molecule has 0 aromatic carbocycles. The van der Waals surface area contributed by atoms with Crippen LogP contribution in [0.3, 0.4) is 0 Å². The summed E-state index contributed by atoms with van der Waals surface area (Å²) in [4.78, 5) is 6.92. The van der Waals surface area contributed by atoms with Crippen LogP contribution < -0.4 is 0 Å². The predicted octanol–water partition coefficient (Wildman–Crippen LogP) is 2.52. The molecule has 0 aliphatic rings. The third-order valence-corrected chi connectivity index (χ3v) is 1.84. The second-order valence-corrected chi connectivity index (χ2v) is 2.92. The van der Waals surface area contributed by atoms with E-state index >= 15 is 0 Å². The van der Waals surface area contributed by atoms with E-state index in [2.05, 4.69) is 9.97 Å². The van der Waals surface area contributed by atoms with E-state index in [0.29, 0.717) is 5.69 Å². The van der Waals surface area contributed by atoms with E-state index in [1.807, 2.05) is 19.2 Å². The number of rotatable bonds is 1. The molecule has 1 N–H and O–H groups in total. The maximum absolute atomic E-state index is 13.2. The van der Waals surface area contributed by atoms with E-state index in [1.165, 1.54) is 6.07 Å². The lowest BCUT2D eigenvalue weighted by Gasteiger charge is -1.96. The second-order valence-electron chi connectivity index (χ2n) is 2.92. The number of pyridine rings is 1. The van der Waals surface area contributed by atoms with Crippen LogP contribution in [0.4, 0.5) is 4.39 Å². The smallest absolute Gasteiger partial charge is 0.150 e. The molecule has 0 saturated carbocycles. The minimum Gasteiger partial charge on any atom is -0.360 e. The number of hydrogen-bond acceptors (Lipinski definition) is 1. The first-order valence-corrected chi connectivity index (χ1v) is 4.03. The lowest BCUT2D eigenvalue weighted by molar-refractivity contribution is 0.625. The summed E-state index contributed by atoms with van der Waals surface area (Å²) in [5.41, 5.74) is 2.16. The first-order valence-electron chi connectivity index (χ1n) is 4.03. The van der Waals surface area contributed by atoms with Crippen LogP contribution in [-0.2, 0) is 0 Å². The van der Waals surface area contributed by atoms with Gasteiger partial charge in [-0.3, -0.25) is 4.98 Å². The molecule has 0 unspecified atom stereocenters. The van der Waals surface area contributed by atoms with E-state index in [4.69, 9.17) is 0 Å². The normalized spacial score (nSPS) is 10.3. The van der Waals surface area contributed by atoms with Gasteiger partial charge in [-0.25, -0.2) is 4.39 Å². The molecule has 0 amide bonds. The molecular formula is C10H9FN2. The molecular weight excluding hydrogens is 167 g/mol. The number of aromatic amines is 1. The minimum absolute atomic E-state index is 0.302. The Labute approximate surface area is 75.4 Å². The SMILES string of the molecule is Cc1c[nH]c(-c2ncccc2F)c1. The Morgan fingerprint density at radius 2 is 2.31 bits per heavy atom. The average Bonchev–Trinajstić information content (AvgIpc) is 2.53. The van der Waals surface area contributed by atoms with Crippen LogP contribution in [0.25, 0.3) is 11.4 Å². The number of halogens is 1. The van der Waals surface area contributed by atoms with Crippen molar-refractivity contribution in [2.45, 2.75) is 6.92 Å². The molecule has 2 aromatic rings. The van der Waals surface area contributed by atoms with Crippen molar-refractivity contribution in [2.24, 2.45) is 0 Å². The van der Waals surface area contributed by atoms with Crippen molar-refractivity contribution in [1.82, 2.24) is 9.97 Å². The Bertz CT molecular complexity index is 420. The summed E-state index contributed by atoms with van der Waals surface area (Å²) in [6, 6.07) is 4.85. The Kier molecular flexibility index (Phi) is 1.85. The van der Waals surface area contributed by atoms with Crippen molar-refractivity contribution >= 4 is 0 Å². The quantitative estimate of drug-likeness (QED) is 0.710. The highest BCUT2D eigenvalue weighted by atomic mass is 19.1. The van der Waals surface area contributed by atoms with Crippen molar-refractivity contribution in [3.05, 3.63) is 42.0 Å². The van der Waals surface area contributed by atoms with Crippen LogP contribution in [-0.4, -0.2) is 9.97 Å². The lowest BCUT2D eigenvalue weighted by atomic mass is 10.2. The average molecular weight is 176 g/mol. The third kappa shape index (κ3) is 1.45. The number of aryl methyl sites for hydroxylation is 1. The minimum atomic E-state index is -0.302. The zero-order chi connectivity index (χ0) is 9.26. The Morgan fingerprint density at radius 1 is 1.46 bits per heavy atom. The molecule has 0 saturated heterocycles. The van der Waals surface area contributed by atoms with E-state index in [1.54, 1.807) is 12.3 Å². The van der Waals surface area contributed by atoms with E-state index in [0.717, 1.165) is 11.3 Å². The molecule has 2 rings (SSSR count). The summed E-state index contributed by atoms with van der Waals surface area (Å²) in [7, 11) is 0. The molecule has 13 heavy (non-hydrogen) atoms. The second kappa shape index (κ2) is 3.01. The van der Waals surface area contributed by atoms with E-state index in [-0.39, 0.29) is 5.82 Å². The summed E-state index contributed by atoms with van der Waals surface area (Å²) in [5.74, 6) is -0.302. The number of H-pyrrole nitrogens is 1. The fraction of sp³-hybridized carbons (Fsp3) is 0.100. The molecule has 0 spiro atoms. The van der Waals surface area contributed by atoms with Gasteiger partial charge in [0.2, 0.25) is 0 Å². The molecule has 0 aliphatic carbocycles. The van der Waals surface area contributed by atoms with E-state index in [9.17, 15) is 4.39 Å². The van der Waals surface area contributed by atoms with Gasteiger partial charge in [0, 0.05) is 12.4 Å². The molecule has 3 heteroatoms. The Balaban J connectivity index is 2.52. The largest absolute Gasteiger partial charge is 0.360 e. The summed E-state index contributed by atoms with van der Waals surface area (Å²) < 4.78 is 13.2. The first kappa shape index (κ1) is 7.98. The van der Waals surface area contributed by atoms with Crippen LogP contribution in [0, 0.1) is 12.7 Å². The zero-order valence-corrected chi connectivity index (χ0v) is 7.21. The molecule has 2 heterocycles. The van der Waals surface area contributed by atoms with Crippen LogP contribution in [0.5, 0.6) is 0 Å². The monoisotopic (exact) mass is 176 g/mol. The molecule has 0 atom stereocenters. The van der Waals surface area contributed by atoms with Crippen molar-refractivity contribution in [3.63, 3.8) is 0 Å². The highest BCUT2D eigenvalue weighted by Crippen LogP contribution is 2.18. The van der Waals surface area contributed by atoms with Crippen LogP contribution in [0.2, 0.25) is 0 Å². The molecule has 0 aliphatic heterocycles. The van der Waals surface area contributed by atoms with Crippen molar-refractivity contribution in [1.29, 1.82) is 0 Å². The van der Waals surface area contributed by atoms with Crippen molar-refractivity contribution in [2.75, 3.05) is 0 Å². The number of nitrogens with zero attached hydrogens (tertiary/aromatic N) is 1. The van der Waals surface area contributed by atoms with E-state index < -0.39 is 0 Å². The first-order chi connectivity index (χ1) is 6.27. The number of aromatic nitrogens is 2. The maximum atomic E-state index is 13.2. The molecule has 0 bridgehead atoms. The third-order valence-electron chi connectivity index (χ3n) is 1.84. The fourth-order valence-corrected chi connectivity index (χ4v) is 1.22. The predicted molar refractivity (Wildman–Crippen MR) is 48.7 cm³/mol. The van der Waals surface area contributed by atoms with Gasteiger partial charge in [-0.1, -0.05) is 0 Å². The Hall–Kier alpha value is -1.64. The van der Waals surface area contributed by atoms with Crippen LogP contribution >= 0.6 is 0 Å². The van der Waals surface area contributed by atoms with Gasteiger partial charge in [0.1, 0.15) is 5.69 Å². The molecule has 2 nitrogen and oxygen atoms in total. The Morgan fingerprint density at radius 3 is 2.92 bits per heavy atom. The zero-order valence-electron chi connectivity index (χ0n) is 7.21. The molecule has 66 valence electrons. The van der Waals surface area contributed by atoms with Gasteiger partial charge in [-0.15, -0.1) is 0 Å². The van der Waals surface area contributed by atoms with Gasteiger partial charge in [-0.2, -0.15) is 0 Å². The van der Waals surface area contributed by atoms with Crippen LogP contribution in [0.15, 0.2) is 30.6 Å². The maximum Gasteiger partial charge on any atom is 0.150 e. The van der Waals surface area contributed by atoms with Gasteiger partial charge < -0.3 is 4.98 Å². The van der Waals surface area contributed by atoms with Crippen molar-refractivity contribution < 1.29 is 4.39 Å². The standard InChI is InChI=1S/C10H9FN2/c1-7-5-9(13-6-7)10-8(11)3-2-4-12-10/h2-6,13H,1H3. The van der Waals surface area contributed by atoms with Crippen LogP contribution in [0.1, 0.15) is 5.56 Å². The summed E-state index contributed by atoms with van der Waals surface area (Å²) >= 11 is 0. The van der Waals surface area contributed by atoms with Gasteiger partial charge in [0.15, 0.2) is 5.82 Å². The van der Waals surface area contributed by atoms with Gasteiger partial charge in [-0.05, 0) is 30.7 Å². The number of hydrogen-bond donors (Lipinski definition) is 1. The summed E-state index contributed by atoms with van der Waals surface area (Å²) in [6.45, 7) is 1.95. The van der Waals surface area contributed by atoms with Gasteiger partial charge in [0.05, 0.1) is 5.69 Å². The van der Waals surface area contributed by atoms with Crippen molar-refractivity contribution in [3.8, 4) is 11.4 Å². The number of nitrogens with one attached hydrogen (secondary N) is 1. The highest BCUT2D eigenvalue weighted by Gasteiger charge is 2.06. The molecule has 0 fully saturated rings. The molecule has 2 aromatic heterocycles. The van der Waals surface area contributed by atoms with Gasteiger partial charge in [0.25, 0.3) is 0 Å². The van der Waals surface area contributed by atoms with Gasteiger partial charge >= 0.3 is 0 Å². The molecule has 0 radical (unpaired) electrons.